The number of nitrogens with zero attached hydrogens (tertiary/aromatic N) is 1. The lowest BCUT2D eigenvalue weighted by Crippen LogP contribution is -2.21. The van der Waals surface area contributed by atoms with E-state index in [0.29, 0.717) is 12.0 Å². The van der Waals surface area contributed by atoms with Gasteiger partial charge in [-0.1, -0.05) is 24.3 Å². The lowest BCUT2D eigenvalue weighted by molar-refractivity contribution is 0.579. The zero-order valence-electron chi connectivity index (χ0n) is 14.0. The van der Waals surface area contributed by atoms with Crippen LogP contribution in [0.25, 0.3) is 11.1 Å². The number of benzene rings is 2. The van der Waals surface area contributed by atoms with Crippen LogP contribution in [0.4, 0.5) is 11.4 Å². The van der Waals surface area contributed by atoms with Gasteiger partial charge in [-0.15, -0.1) is 0 Å². The number of hydrogen-bond donors (Lipinski definition) is 2. The normalized spacial score (nSPS) is 22.7. The largest absolute Gasteiger partial charge is 0.381 e. The van der Waals surface area contributed by atoms with Crippen LogP contribution in [0.2, 0.25) is 0 Å². The van der Waals surface area contributed by atoms with Gasteiger partial charge in [0.2, 0.25) is 0 Å². The second kappa shape index (κ2) is 5.89. The summed E-state index contributed by atoms with van der Waals surface area (Å²) < 4.78 is 0. The number of anilines is 2. The molecule has 0 bridgehead atoms. The van der Waals surface area contributed by atoms with Crippen LogP contribution in [-0.2, 0) is 0 Å². The molecule has 0 amide bonds. The Kier molecular flexibility index (Phi) is 3.74. The van der Waals surface area contributed by atoms with Gasteiger partial charge in [-0.3, -0.25) is 0 Å². The molecule has 4 rings (SSSR count). The molecule has 2 aromatic carbocycles. The number of hydrogen-bond acceptors (Lipinski definition) is 3. The molecule has 2 N–H and O–H groups in total. The Morgan fingerprint density at radius 1 is 0.957 bits per heavy atom. The van der Waals surface area contributed by atoms with Crippen LogP contribution in [-0.4, -0.2) is 33.2 Å². The van der Waals surface area contributed by atoms with Gasteiger partial charge >= 0.3 is 0 Å². The van der Waals surface area contributed by atoms with E-state index in [1.54, 1.807) is 0 Å². The Morgan fingerprint density at radius 3 is 2.52 bits per heavy atom. The first-order valence-corrected chi connectivity index (χ1v) is 8.62. The third-order valence-corrected chi connectivity index (χ3v) is 5.26. The molecule has 0 saturated carbocycles. The van der Waals surface area contributed by atoms with Crippen molar-refractivity contribution in [3.63, 3.8) is 0 Å². The van der Waals surface area contributed by atoms with Crippen LogP contribution >= 0.6 is 0 Å². The summed E-state index contributed by atoms with van der Waals surface area (Å²) in [6.45, 7) is 2.24. The van der Waals surface area contributed by atoms with Crippen LogP contribution in [0.5, 0.6) is 0 Å². The smallest absolute Gasteiger partial charge is 0.0384 e. The SMILES string of the molecule is CN(C)c1ccc(-c2cccc3c2C2CCNCCC2N3)cc1. The Labute approximate surface area is 138 Å². The zero-order chi connectivity index (χ0) is 15.8. The van der Waals surface area contributed by atoms with E-state index in [2.05, 4.69) is 72.1 Å². The Balaban J connectivity index is 1.75. The summed E-state index contributed by atoms with van der Waals surface area (Å²) in [6, 6.07) is 16.2. The maximum atomic E-state index is 3.77. The summed E-state index contributed by atoms with van der Waals surface area (Å²) in [5, 5.41) is 7.31. The van der Waals surface area contributed by atoms with Gasteiger partial charge in [-0.05, 0) is 60.8 Å². The minimum atomic E-state index is 0.585. The minimum absolute atomic E-state index is 0.585. The fourth-order valence-corrected chi connectivity index (χ4v) is 4.04. The van der Waals surface area contributed by atoms with Gasteiger partial charge in [-0.2, -0.15) is 0 Å². The summed E-state index contributed by atoms with van der Waals surface area (Å²) in [6.07, 6.45) is 2.43. The topological polar surface area (TPSA) is 27.3 Å². The molecule has 0 aromatic heterocycles. The molecule has 3 nitrogen and oxygen atoms in total. The van der Waals surface area contributed by atoms with Gasteiger partial charge in [0.1, 0.15) is 0 Å². The van der Waals surface area contributed by atoms with Crippen molar-refractivity contribution in [3.8, 4) is 11.1 Å². The van der Waals surface area contributed by atoms with E-state index in [4.69, 9.17) is 0 Å². The van der Waals surface area contributed by atoms with E-state index >= 15 is 0 Å². The first-order valence-electron chi connectivity index (χ1n) is 8.62. The van der Waals surface area contributed by atoms with Crippen molar-refractivity contribution in [1.29, 1.82) is 0 Å². The molecule has 2 unspecified atom stereocenters. The van der Waals surface area contributed by atoms with Gasteiger partial charge in [0.05, 0.1) is 0 Å². The maximum absolute atomic E-state index is 3.77. The van der Waals surface area contributed by atoms with Crippen molar-refractivity contribution in [1.82, 2.24) is 5.32 Å². The Morgan fingerprint density at radius 2 is 1.74 bits per heavy atom. The molecule has 1 fully saturated rings. The Bertz CT molecular complexity index is 691. The highest BCUT2D eigenvalue weighted by molar-refractivity contribution is 5.78. The number of nitrogens with one attached hydrogen (secondary N) is 2. The minimum Gasteiger partial charge on any atom is -0.381 e. The van der Waals surface area contributed by atoms with E-state index in [1.165, 1.54) is 40.9 Å². The summed E-state index contributed by atoms with van der Waals surface area (Å²) in [7, 11) is 4.17. The summed E-state index contributed by atoms with van der Waals surface area (Å²) in [4.78, 5) is 2.15. The van der Waals surface area contributed by atoms with Crippen molar-refractivity contribution >= 4 is 11.4 Å². The lowest BCUT2D eigenvalue weighted by atomic mass is 9.86. The van der Waals surface area contributed by atoms with Crippen LogP contribution in [0.15, 0.2) is 42.5 Å². The molecule has 3 heteroatoms. The quantitative estimate of drug-likeness (QED) is 0.886. The van der Waals surface area contributed by atoms with E-state index in [0.717, 1.165) is 13.1 Å². The molecule has 120 valence electrons. The highest BCUT2D eigenvalue weighted by Crippen LogP contribution is 2.45. The standard InChI is InChI=1S/C20H25N3/c1-23(2)15-8-6-14(7-9-15)16-4-3-5-19-20(16)17-10-12-21-13-11-18(17)22-19/h3-9,17-18,21-22H,10-13H2,1-2H3. The molecule has 1 saturated heterocycles. The number of fused-ring (bicyclic) bond motifs is 3. The second-order valence-corrected chi connectivity index (χ2v) is 6.89. The van der Waals surface area contributed by atoms with Crippen molar-refractivity contribution < 1.29 is 0 Å². The highest BCUT2D eigenvalue weighted by atomic mass is 15.1. The van der Waals surface area contributed by atoms with E-state index in [9.17, 15) is 0 Å². The van der Waals surface area contributed by atoms with Gasteiger partial charge < -0.3 is 15.5 Å². The molecule has 0 radical (unpaired) electrons. The molecule has 2 aliphatic rings. The fraction of sp³-hybridized carbons (Fsp3) is 0.400. The maximum Gasteiger partial charge on any atom is 0.0384 e. The first-order chi connectivity index (χ1) is 11.2. The summed E-state index contributed by atoms with van der Waals surface area (Å²) in [5.74, 6) is 0.629. The monoisotopic (exact) mass is 307 g/mol. The van der Waals surface area contributed by atoms with Crippen molar-refractivity contribution in [2.24, 2.45) is 0 Å². The Hall–Kier alpha value is -2.00. The zero-order valence-corrected chi connectivity index (χ0v) is 14.0. The predicted octanol–water partition coefficient (Wildman–Crippen LogP) is 3.68. The van der Waals surface area contributed by atoms with Crippen molar-refractivity contribution in [2.75, 3.05) is 37.4 Å². The fourth-order valence-electron chi connectivity index (χ4n) is 4.04. The highest BCUT2D eigenvalue weighted by Gasteiger charge is 2.34. The molecular weight excluding hydrogens is 282 g/mol. The molecule has 2 aliphatic heterocycles. The van der Waals surface area contributed by atoms with Gasteiger partial charge in [0.15, 0.2) is 0 Å². The molecule has 23 heavy (non-hydrogen) atoms. The molecular formula is C20H25N3. The molecule has 2 aromatic rings. The van der Waals surface area contributed by atoms with E-state index in [-0.39, 0.29) is 0 Å². The summed E-state index contributed by atoms with van der Waals surface area (Å²) in [5.41, 5.74) is 6.84. The van der Waals surface area contributed by atoms with Gasteiger partial charge in [0, 0.05) is 37.4 Å². The van der Waals surface area contributed by atoms with Crippen molar-refractivity contribution in [3.05, 3.63) is 48.0 Å². The lowest BCUT2D eigenvalue weighted by Gasteiger charge is -2.18. The van der Waals surface area contributed by atoms with Crippen LogP contribution in [0.1, 0.15) is 24.3 Å². The van der Waals surface area contributed by atoms with Crippen LogP contribution in [0, 0.1) is 0 Å². The molecule has 0 spiro atoms. The van der Waals surface area contributed by atoms with Crippen LogP contribution in [0.3, 0.4) is 0 Å². The average Bonchev–Trinajstić information content (AvgIpc) is 2.76. The van der Waals surface area contributed by atoms with E-state index < -0.39 is 0 Å². The average molecular weight is 307 g/mol. The summed E-state index contributed by atoms with van der Waals surface area (Å²) >= 11 is 0. The van der Waals surface area contributed by atoms with Crippen molar-refractivity contribution in [2.45, 2.75) is 24.8 Å². The number of rotatable bonds is 2. The first kappa shape index (κ1) is 14.6. The molecule has 0 aliphatic carbocycles. The molecule has 2 atom stereocenters. The third kappa shape index (κ3) is 2.59. The van der Waals surface area contributed by atoms with Gasteiger partial charge in [-0.25, -0.2) is 0 Å². The molecule has 2 heterocycles. The predicted molar refractivity (Wildman–Crippen MR) is 98.5 cm³/mol. The second-order valence-electron chi connectivity index (χ2n) is 6.89. The van der Waals surface area contributed by atoms with Gasteiger partial charge in [0.25, 0.3) is 0 Å². The third-order valence-electron chi connectivity index (χ3n) is 5.26. The van der Waals surface area contributed by atoms with E-state index in [1.807, 2.05) is 0 Å². The van der Waals surface area contributed by atoms with Crippen LogP contribution < -0.4 is 15.5 Å².